The zero-order chi connectivity index (χ0) is 15.4. The van der Waals surface area contributed by atoms with Gasteiger partial charge in [-0.2, -0.15) is 5.10 Å². The number of carbonyl (C=O) groups excluding carboxylic acids is 1. The highest BCUT2D eigenvalue weighted by atomic mass is 16.5. The third-order valence-corrected chi connectivity index (χ3v) is 4.60. The van der Waals surface area contributed by atoms with Crippen LogP contribution in [0.2, 0.25) is 0 Å². The van der Waals surface area contributed by atoms with Crippen LogP contribution >= 0.6 is 0 Å². The number of amides is 1. The summed E-state index contributed by atoms with van der Waals surface area (Å²) in [4.78, 5) is 14.8. The number of nitrogens with one attached hydrogen (secondary N) is 3. The molecule has 1 fully saturated rings. The molecule has 0 bridgehead atoms. The fraction of sp³-hybridized carbons (Fsp3) is 0.733. The maximum absolute atomic E-state index is 12.4. The van der Waals surface area contributed by atoms with Crippen LogP contribution in [0.4, 0.5) is 0 Å². The molecule has 0 aliphatic carbocycles. The molecule has 0 spiro atoms. The first kappa shape index (κ1) is 15.5. The number of aromatic nitrogens is 2. The van der Waals surface area contributed by atoms with Crippen LogP contribution in [0.5, 0.6) is 0 Å². The van der Waals surface area contributed by atoms with Gasteiger partial charge >= 0.3 is 0 Å². The fourth-order valence-corrected chi connectivity index (χ4v) is 3.34. The topological polar surface area (TPSA) is 82.3 Å². The first-order valence-electron chi connectivity index (χ1n) is 8.07. The highest BCUT2D eigenvalue weighted by Crippen LogP contribution is 2.17. The molecule has 3 N–H and O–H groups in total. The molecule has 1 aromatic rings. The van der Waals surface area contributed by atoms with Crippen molar-refractivity contribution in [2.75, 3.05) is 39.9 Å². The van der Waals surface area contributed by atoms with Crippen molar-refractivity contribution >= 4 is 5.91 Å². The number of nitrogens with zero attached hydrogens (tertiary/aromatic N) is 2. The number of carbonyl (C=O) groups is 1. The number of likely N-dealkylation sites (tertiary alicyclic amines) is 1. The molecule has 7 heteroatoms. The molecule has 1 saturated heterocycles. The molecule has 1 aromatic heterocycles. The third-order valence-electron chi connectivity index (χ3n) is 4.60. The Morgan fingerprint density at radius 2 is 2.45 bits per heavy atom. The minimum absolute atomic E-state index is 0.0696. The number of hydrogen-bond donors (Lipinski definition) is 3. The van der Waals surface area contributed by atoms with Gasteiger partial charge in [-0.15, -0.1) is 0 Å². The smallest absolute Gasteiger partial charge is 0.272 e. The number of H-pyrrole nitrogens is 1. The summed E-state index contributed by atoms with van der Waals surface area (Å²) in [5.74, 6) is -0.0696. The number of hydrogen-bond acceptors (Lipinski definition) is 5. The van der Waals surface area contributed by atoms with E-state index in [1.165, 1.54) is 6.42 Å². The van der Waals surface area contributed by atoms with Crippen LogP contribution in [-0.4, -0.2) is 66.9 Å². The van der Waals surface area contributed by atoms with Gasteiger partial charge in [0.1, 0.15) is 0 Å². The molecule has 2 aliphatic rings. The van der Waals surface area contributed by atoms with Gasteiger partial charge in [-0.3, -0.25) is 14.8 Å². The summed E-state index contributed by atoms with van der Waals surface area (Å²) in [5, 5.41) is 13.5. The Labute approximate surface area is 130 Å². The van der Waals surface area contributed by atoms with Gasteiger partial charge < -0.3 is 15.4 Å². The van der Waals surface area contributed by atoms with Crippen molar-refractivity contribution in [3.63, 3.8) is 0 Å². The van der Waals surface area contributed by atoms with Crippen molar-refractivity contribution in [3.05, 3.63) is 17.0 Å². The lowest BCUT2D eigenvalue weighted by Gasteiger charge is -2.24. The Kier molecular flexibility index (Phi) is 5.07. The highest BCUT2D eigenvalue weighted by molar-refractivity contribution is 5.94. The average Bonchev–Trinajstić information content (AvgIpc) is 3.17. The number of rotatable bonds is 6. The lowest BCUT2D eigenvalue weighted by atomic mass is 10.1. The monoisotopic (exact) mass is 307 g/mol. The van der Waals surface area contributed by atoms with Crippen LogP contribution in [0.25, 0.3) is 0 Å². The van der Waals surface area contributed by atoms with Crippen molar-refractivity contribution in [1.29, 1.82) is 0 Å². The number of methoxy groups -OCH3 is 1. The summed E-state index contributed by atoms with van der Waals surface area (Å²) in [7, 11) is 1.72. The summed E-state index contributed by atoms with van der Waals surface area (Å²) in [6, 6.07) is 0.409. The van der Waals surface area contributed by atoms with Crippen molar-refractivity contribution in [2.45, 2.75) is 31.8 Å². The lowest BCUT2D eigenvalue weighted by Crippen LogP contribution is -2.41. The van der Waals surface area contributed by atoms with E-state index in [0.29, 0.717) is 18.3 Å². The molecule has 0 radical (unpaired) electrons. The van der Waals surface area contributed by atoms with Crippen molar-refractivity contribution < 1.29 is 9.53 Å². The molecule has 2 aliphatic heterocycles. The second-order valence-corrected chi connectivity index (χ2v) is 5.99. The predicted octanol–water partition coefficient (Wildman–Crippen LogP) is -0.104. The molecular formula is C15H25N5O2. The van der Waals surface area contributed by atoms with Crippen LogP contribution in [-0.2, 0) is 17.7 Å². The first-order valence-corrected chi connectivity index (χ1v) is 8.07. The van der Waals surface area contributed by atoms with Gasteiger partial charge in [0.05, 0.1) is 6.61 Å². The highest BCUT2D eigenvalue weighted by Gasteiger charge is 2.26. The number of fused-ring (bicyclic) bond motifs is 1. The van der Waals surface area contributed by atoms with E-state index in [2.05, 4.69) is 25.7 Å². The fourth-order valence-electron chi connectivity index (χ4n) is 3.34. The molecule has 3 rings (SSSR count). The zero-order valence-corrected chi connectivity index (χ0v) is 13.2. The third kappa shape index (κ3) is 3.31. The Hall–Kier alpha value is -1.44. The van der Waals surface area contributed by atoms with Crippen molar-refractivity contribution in [2.24, 2.45) is 0 Å². The first-order chi connectivity index (χ1) is 10.8. The zero-order valence-electron chi connectivity index (χ0n) is 13.2. The van der Waals surface area contributed by atoms with Gasteiger partial charge in [-0.1, -0.05) is 0 Å². The Morgan fingerprint density at radius 3 is 3.32 bits per heavy atom. The molecule has 122 valence electrons. The van der Waals surface area contributed by atoms with E-state index in [-0.39, 0.29) is 5.91 Å². The maximum Gasteiger partial charge on any atom is 0.272 e. The standard InChI is InChI=1S/C15H25N5O2/c1-22-8-7-20-6-2-3-11(20)9-17-15(21)14-12-10-16-5-4-13(12)18-19-14/h11,16H,2-10H2,1H3,(H,17,21)(H,18,19). The van der Waals surface area contributed by atoms with Crippen LogP contribution in [0.3, 0.4) is 0 Å². The quantitative estimate of drug-likeness (QED) is 0.683. The summed E-state index contributed by atoms with van der Waals surface area (Å²) in [6.07, 6.45) is 3.22. The lowest BCUT2D eigenvalue weighted by molar-refractivity contribution is 0.0926. The summed E-state index contributed by atoms with van der Waals surface area (Å²) in [6.45, 7) is 5.09. The van der Waals surface area contributed by atoms with Gasteiger partial charge in [-0.05, 0) is 19.4 Å². The van der Waals surface area contributed by atoms with E-state index in [0.717, 1.165) is 56.9 Å². The second-order valence-electron chi connectivity index (χ2n) is 5.99. The van der Waals surface area contributed by atoms with Crippen LogP contribution in [0.15, 0.2) is 0 Å². The molecule has 0 aromatic carbocycles. The van der Waals surface area contributed by atoms with Crippen LogP contribution < -0.4 is 10.6 Å². The Bertz CT molecular complexity index is 516. The largest absolute Gasteiger partial charge is 0.383 e. The molecular weight excluding hydrogens is 282 g/mol. The van der Waals surface area contributed by atoms with E-state index < -0.39 is 0 Å². The molecule has 1 atom stereocenters. The molecule has 3 heterocycles. The predicted molar refractivity (Wildman–Crippen MR) is 82.8 cm³/mol. The van der Waals surface area contributed by atoms with Crippen molar-refractivity contribution in [1.82, 2.24) is 25.7 Å². The van der Waals surface area contributed by atoms with Crippen LogP contribution in [0.1, 0.15) is 34.6 Å². The van der Waals surface area contributed by atoms with E-state index in [4.69, 9.17) is 4.74 Å². The van der Waals surface area contributed by atoms with Gasteiger partial charge in [0.15, 0.2) is 5.69 Å². The van der Waals surface area contributed by atoms with Gasteiger partial charge in [0, 0.05) is 57.0 Å². The van der Waals surface area contributed by atoms with Gasteiger partial charge in [0.2, 0.25) is 0 Å². The molecule has 22 heavy (non-hydrogen) atoms. The summed E-state index contributed by atoms with van der Waals surface area (Å²) < 4.78 is 5.15. The number of ether oxygens (including phenoxy) is 1. The average molecular weight is 307 g/mol. The van der Waals surface area contributed by atoms with Crippen molar-refractivity contribution in [3.8, 4) is 0 Å². The van der Waals surface area contributed by atoms with Crippen LogP contribution in [0, 0.1) is 0 Å². The Morgan fingerprint density at radius 1 is 1.55 bits per heavy atom. The number of aromatic amines is 1. The normalized spacial score (nSPS) is 21.8. The van der Waals surface area contributed by atoms with E-state index >= 15 is 0 Å². The minimum atomic E-state index is -0.0696. The summed E-state index contributed by atoms with van der Waals surface area (Å²) in [5.41, 5.74) is 2.65. The SMILES string of the molecule is COCCN1CCCC1CNC(=O)c1n[nH]c2c1CNCC2. The van der Waals surface area contributed by atoms with E-state index in [1.54, 1.807) is 7.11 Å². The Balaban J connectivity index is 1.55. The minimum Gasteiger partial charge on any atom is -0.383 e. The van der Waals surface area contributed by atoms with E-state index in [1.807, 2.05) is 0 Å². The molecule has 0 saturated carbocycles. The molecule has 1 unspecified atom stereocenters. The molecule has 7 nitrogen and oxygen atoms in total. The summed E-state index contributed by atoms with van der Waals surface area (Å²) >= 11 is 0. The maximum atomic E-state index is 12.4. The second kappa shape index (κ2) is 7.21. The van der Waals surface area contributed by atoms with Gasteiger partial charge in [0.25, 0.3) is 5.91 Å². The van der Waals surface area contributed by atoms with Gasteiger partial charge in [-0.25, -0.2) is 0 Å². The van der Waals surface area contributed by atoms with E-state index in [9.17, 15) is 4.79 Å². The molecule has 1 amide bonds.